The second kappa shape index (κ2) is 18.7. The molecule has 306 valence electrons. The Morgan fingerprint density at radius 3 is 0.695 bits per heavy atom. The second-order valence-electron chi connectivity index (χ2n) is 15.0. The van der Waals surface area contributed by atoms with Crippen LogP contribution in [0.25, 0.3) is 21.8 Å². The molecule has 0 aliphatic carbocycles. The van der Waals surface area contributed by atoms with E-state index in [1.807, 2.05) is 0 Å². The fraction of sp³-hybridized carbons (Fsp3) is 0.308. The van der Waals surface area contributed by atoms with Crippen molar-refractivity contribution in [3.63, 3.8) is 0 Å². The zero-order valence-electron chi connectivity index (χ0n) is 36.5. The van der Waals surface area contributed by atoms with Gasteiger partial charge >= 0.3 is 0 Å². The quantitative estimate of drug-likeness (QED) is 0.0934. The SMILES string of the molecule is CCN(CC)c1ccc(N(c2ccc(N(CC)CC)cc2)c2ccc3[nH]c4ccc(N(c5ccc(N(CC)CC)cc5)c5ccc(N(CC)CC)cc5)cc4c3c2)cc1. The Bertz CT molecular complexity index is 2100. The summed E-state index contributed by atoms with van der Waals surface area (Å²) in [5.74, 6) is 0. The second-order valence-corrected chi connectivity index (χ2v) is 15.0. The minimum absolute atomic E-state index is 0.978. The number of benzene rings is 6. The lowest BCUT2D eigenvalue weighted by Gasteiger charge is -2.28. The van der Waals surface area contributed by atoms with Crippen molar-refractivity contribution in [2.45, 2.75) is 55.4 Å². The number of H-pyrrole nitrogens is 1. The van der Waals surface area contributed by atoms with Gasteiger partial charge in [-0.2, -0.15) is 0 Å². The van der Waals surface area contributed by atoms with Crippen molar-refractivity contribution in [2.24, 2.45) is 0 Å². The van der Waals surface area contributed by atoms with Gasteiger partial charge < -0.3 is 34.4 Å². The van der Waals surface area contributed by atoms with Gasteiger partial charge in [0, 0.05) is 131 Å². The van der Waals surface area contributed by atoms with Crippen LogP contribution in [-0.2, 0) is 0 Å². The maximum absolute atomic E-state index is 3.74. The van der Waals surface area contributed by atoms with Gasteiger partial charge in [0.05, 0.1) is 0 Å². The zero-order valence-corrected chi connectivity index (χ0v) is 36.5. The normalized spacial score (nSPS) is 11.3. The molecule has 7 aromatic rings. The maximum atomic E-state index is 3.74. The number of fused-ring (bicyclic) bond motifs is 3. The van der Waals surface area contributed by atoms with E-state index in [9.17, 15) is 0 Å². The van der Waals surface area contributed by atoms with Gasteiger partial charge in [-0.25, -0.2) is 0 Å². The number of anilines is 10. The Morgan fingerprint density at radius 1 is 0.271 bits per heavy atom. The van der Waals surface area contributed by atoms with Crippen LogP contribution in [0.15, 0.2) is 133 Å². The Morgan fingerprint density at radius 2 is 0.475 bits per heavy atom. The molecule has 7 rings (SSSR count). The topological polar surface area (TPSA) is 35.2 Å². The summed E-state index contributed by atoms with van der Waals surface area (Å²) in [6.07, 6.45) is 0. The van der Waals surface area contributed by atoms with E-state index in [2.05, 4.69) is 223 Å². The molecule has 1 N–H and O–H groups in total. The lowest BCUT2D eigenvalue weighted by Crippen LogP contribution is -2.22. The molecule has 0 spiro atoms. The lowest BCUT2D eigenvalue weighted by molar-refractivity contribution is 0.866. The molecule has 7 nitrogen and oxygen atoms in total. The van der Waals surface area contributed by atoms with Gasteiger partial charge in [0.1, 0.15) is 0 Å². The summed E-state index contributed by atoms with van der Waals surface area (Å²) in [7, 11) is 0. The summed E-state index contributed by atoms with van der Waals surface area (Å²) in [4.78, 5) is 18.1. The monoisotopic (exact) mass is 786 g/mol. The van der Waals surface area contributed by atoms with Gasteiger partial charge in [-0.3, -0.25) is 0 Å². The average Bonchev–Trinajstić information content (AvgIpc) is 3.65. The van der Waals surface area contributed by atoms with Gasteiger partial charge in [-0.15, -0.1) is 0 Å². The molecule has 0 unspecified atom stereocenters. The van der Waals surface area contributed by atoms with Crippen LogP contribution in [0.1, 0.15) is 55.4 Å². The van der Waals surface area contributed by atoms with Crippen molar-refractivity contribution < 1.29 is 0 Å². The van der Waals surface area contributed by atoms with Crippen LogP contribution in [0.2, 0.25) is 0 Å². The standard InChI is InChI=1S/C52H63N7/c1-9-54(10-2)39-17-25-43(26-18-39)58(44-27-19-40(20-28-44)55(11-3)12-4)47-33-35-51-49(37-47)50-38-48(34-36-52(50)53-51)59(45-29-21-41(22-30-45)56(13-5)14-6)46-31-23-42(24-32-46)57(15-7)16-8/h17-38,53H,9-16H2,1-8H3. The largest absolute Gasteiger partial charge is 0.372 e. The van der Waals surface area contributed by atoms with Crippen LogP contribution in [0.4, 0.5) is 56.9 Å². The fourth-order valence-electron chi connectivity index (χ4n) is 8.65. The molecule has 0 amide bonds. The lowest BCUT2D eigenvalue weighted by atomic mass is 10.1. The van der Waals surface area contributed by atoms with Crippen LogP contribution >= 0.6 is 0 Å². The third-order valence-corrected chi connectivity index (χ3v) is 12.0. The van der Waals surface area contributed by atoms with Crippen molar-refractivity contribution in [1.29, 1.82) is 0 Å². The van der Waals surface area contributed by atoms with Crippen LogP contribution in [0.5, 0.6) is 0 Å². The summed E-state index contributed by atoms with van der Waals surface area (Å²) < 4.78 is 0. The first-order chi connectivity index (χ1) is 28.9. The minimum Gasteiger partial charge on any atom is -0.372 e. The van der Waals surface area contributed by atoms with Crippen molar-refractivity contribution in [3.8, 4) is 0 Å². The highest BCUT2D eigenvalue weighted by Crippen LogP contribution is 2.42. The molecule has 1 heterocycles. The summed E-state index contributed by atoms with van der Waals surface area (Å²) in [5, 5.41) is 2.38. The smallest absolute Gasteiger partial charge is 0.0469 e. The van der Waals surface area contributed by atoms with Crippen molar-refractivity contribution in [2.75, 3.05) is 81.8 Å². The first-order valence-corrected chi connectivity index (χ1v) is 21.9. The molecule has 0 fully saturated rings. The van der Waals surface area contributed by atoms with E-state index in [1.54, 1.807) is 0 Å². The van der Waals surface area contributed by atoms with E-state index in [4.69, 9.17) is 0 Å². The Hall–Kier alpha value is -6.08. The van der Waals surface area contributed by atoms with E-state index in [1.165, 1.54) is 33.5 Å². The number of rotatable bonds is 18. The van der Waals surface area contributed by atoms with Crippen LogP contribution in [-0.4, -0.2) is 57.3 Å². The van der Waals surface area contributed by atoms with Gasteiger partial charge in [0.2, 0.25) is 0 Å². The number of nitrogens with zero attached hydrogens (tertiary/aromatic N) is 6. The molecule has 0 saturated carbocycles. The number of hydrogen-bond acceptors (Lipinski definition) is 6. The van der Waals surface area contributed by atoms with E-state index in [0.717, 1.165) is 97.5 Å². The predicted molar refractivity (Wildman–Crippen MR) is 259 cm³/mol. The van der Waals surface area contributed by atoms with Gasteiger partial charge in [0.15, 0.2) is 0 Å². The molecule has 59 heavy (non-hydrogen) atoms. The molecule has 0 aliphatic heterocycles. The Labute approximate surface area is 353 Å². The van der Waals surface area contributed by atoms with Gasteiger partial charge in [-0.1, -0.05) is 0 Å². The number of hydrogen-bond donors (Lipinski definition) is 1. The molecule has 6 aromatic carbocycles. The molecule has 0 bridgehead atoms. The number of nitrogens with one attached hydrogen (secondary N) is 1. The average molecular weight is 786 g/mol. The fourth-order valence-corrected chi connectivity index (χ4v) is 8.65. The minimum atomic E-state index is 0.978. The van der Waals surface area contributed by atoms with Crippen molar-refractivity contribution >= 4 is 78.7 Å². The highest BCUT2D eigenvalue weighted by Gasteiger charge is 2.19. The molecule has 1 aromatic heterocycles. The van der Waals surface area contributed by atoms with Crippen molar-refractivity contribution in [3.05, 3.63) is 133 Å². The summed E-state index contributed by atoms with van der Waals surface area (Å²) in [5.41, 5.74) is 13.9. The van der Waals surface area contributed by atoms with Crippen LogP contribution < -0.4 is 29.4 Å². The zero-order chi connectivity index (χ0) is 41.5. The molecule has 0 radical (unpaired) electrons. The van der Waals surface area contributed by atoms with Crippen LogP contribution in [0, 0.1) is 0 Å². The maximum Gasteiger partial charge on any atom is 0.0469 e. The Balaban J connectivity index is 1.35. The third kappa shape index (κ3) is 8.43. The third-order valence-electron chi connectivity index (χ3n) is 12.0. The van der Waals surface area contributed by atoms with Gasteiger partial charge in [-0.05, 0) is 189 Å². The first kappa shape index (κ1) is 41.1. The van der Waals surface area contributed by atoms with Gasteiger partial charge in [0.25, 0.3) is 0 Å². The van der Waals surface area contributed by atoms with E-state index < -0.39 is 0 Å². The molecule has 0 atom stereocenters. The molecule has 7 heteroatoms. The van der Waals surface area contributed by atoms with E-state index in [0.29, 0.717) is 0 Å². The van der Waals surface area contributed by atoms with Crippen molar-refractivity contribution in [1.82, 2.24) is 4.98 Å². The highest BCUT2D eigenvalue weighted by molar-refractivity contribution is 6.10. The number of aromatic nitrogens is 1. The Kier molecular flexibility index (Phi) is 13.0. The molecule has 0 aliphatic rings. The summed E-state index contributed by atoms with van der Waals surface area (Å²) >= 11 is 0. The highest BCUT2D eigenvalue weighted by atomic mass is 15.2. The molecular weight excluding hydrogens is 723 g/mol. The van der Waals surface area contributed by atoms with E-state index >= 15 is 0 Å². The molecular formula is C52H63N7. The molecule has 0 saturated heterocycles. The summed E-state index contributed by atoms with van der Waals surface area (Å²) in [6.45, 7) is 25.6. The van der Waals surface area contributed by atoms with Crippen LogP contribution in [0.3, 0.4) is 0 Å². The predicted octanol–water partition coefficient (Wildman–Crippen LogP) is 13.6. The first-order valence-electron chi connectivity index (χ1n) is 21.9. The van der Waals surface area contributed by atoms with E-state index in [-0.39, 0.29) is 0 Å². The number of aromatic amines is 1. The summed E-state index contributed by atoms with van der Waals surface area (Å²) in [6, 6.07) is 49.8.